The standard InChI is InChI=1S/C12H10ClN3O/c13-11-10(5-14-15-12(11)17)16-6-8-3-1-2-4-9(8)7-16/h1-5H,6-7H2,(H,15,17). The number of benzene rings is 1. The summed E-state index contributed by atoms with van der Waals surface area (Å²) in [6.45, 7) is 1.53. The van der Waals surface area contributed by atoms with Crippen LogP contribution in [0.5, 0.6) is 0 Å². The molecule has 1 N–H and O–H groups in total. The van der Waals surface area contributed by atoms with Gasteiger partial charge in [-0.1, -0.05) is 35.9 Å². The largest absolute Gasteiger partial charge is 0.360 e. The van der Waals surface area contributed by atoms with Gasteiger partial charge in [0.1, 0.15) is 5.02 Å². The molecule has 2 heterocycles. The van der Waals surface area contributed by atoms with Crippen LogP contribution >= 0.6 is 11.6 Å². The molecule has 0 amide bonds. The number of hydrogen-bond acceptors (Lipinski definition) is 3. The van der Waals surface area contributed by atoms with Crippen molar-refractivity contribution < 1.29 is 0 Å². The van der Waals surface area contributed by atoms with E-state index in [9.17, 15) is 4.79 Å². The van der Waals surface area contributed by atoms with Crippen molar-refractivity contribution in [3.8, 4) is 0 Å². The molecule has 0 atom stereocenters. The summed E-state index contributed by atoms with van der Waals surface area (Å²) in [4.78, 5) is 13.4. The van der Waals surface area contributed by atoms with Crippen LogP contribution in [-0.2, 0) is 13.1 Å². The third-order valence-corrected chi connectivity index (χ3v) is 3.32. The molecule has 4 nitrogen and oxygen atoms in total. The first-order valence-corrected chi connectivity index (χ1v) is 5.68. The first kappa shape index (κ1) is 10.4. The third-order valence-electron chi connectivity index (χ3n) is 2.96. The molecule has 0 radical (unpaired) electrons. The van der Waals surface area contributed by atoms with Crippen molar-refractivity contribution >= 4 is 17.3 Å². The minimum Gasteiger partial charge on any atom is -0.360 e. The molecule has 3 rings (SSSR count). The second-order valence-corrected chi connectivity index (χ2v) is 4.40. The van der Waals surface area contributed by atoms with Crippen molar-refractivity contribution in [3.63, 3.8) is 0 Å². The maximum Gasteiger partial charge on any atom is 0.285 e. The summed E-state index contributed by atoms with van der Waals surface area (Å²) in [6, 6.07) is 8.20. The fraction of sp³-hybridized carbons (Fsp3) is 0.167. The Labute approximate surface area is 103 Å². The van der Waals surface area contributed by atoms with Gasteiger partial charge >= 0.3 is 0 Å². The van der Waals surface area contributed by atoms with Gasteiger partial charge in [0.05, 0.1) is 11.9 Å². The number of nitrogens with zero attached hydrogens (tertiary/aromatic N) is 2. The number of aromatic nitrogens is 2. The predicted octanol–water partition coefficient (Wildman–Crippen LogP) is 1.94. The molecule has 0 bridgehead atoms. The Kier molecular flexibility index (Phi) is 2.37. The summed E-state index contributed by atoms with van der Waals surface area (Å²) in [5.74, 6) is 0. The summed E-state index contributed by atoms with van der Waals surface area (Å²) in [5.41, 5.74) is 2.87. The Bertz CT molecular complexity index is 598. The molecule has 1 aliphatic rings. The lowest BCUT2D eigenvalue weighted by Gasteiger charge is -2.17. The fourth-order valence-corrected chi connectivity index (χ4v) is 2.31. The maximum atomic E-state index is 11.4. The van der Waals surface area contributed by atoms with Crippen molar-refractivity contribution in [2.75, 3.05) is 4.90 Å². The molecule has 5 heteroatoms. The maximum absolute atomic E-state index is 11.4. The number of aromatic amines is 1. The Balaban J connectivity index is 2.00. The number of H-pyrrole nitrogens is 1. The minimum absolute atomic E-state index is 0.202. The number of anilines is 1. The summed E-state index contributed by atoms with van der Waals surface area (Å²) in [7, 11) is 0. The van der Waals surface area contributed by atoms with Crippen molar-refractivity contribution in [1.82, 2.24) is 10.2 Å². The minimum atomic E-state index is -0.347. The van der Waals surface area contributed by atoms with Gasteiger partial charge in [0.15, 0.2) is 0 Å². The van der Waals surface area contributed by atoms with E-state index in [1.54, 1.807) is 6.20 Å². The zero-order valence-corrected chi connectivity index (χ0v) is 9.74. The van der Waals surface area contributed by atoms with E-state index in [0.717, 1.165) is 13.1 Å². The Morgan fingerprint density at radius 2 is 1.88 bits per heavy atom. The fourth-order valence-electron chi connectivity index (χ4n) is 2.10. The van der Waals surface area contributed by atoms with E-state index in [4.69, 9.17) is 11.6 Å². The van der Waals surface area contributed by atoms with Gasteiger partial charge in [-0.25, -0.2) is 5.10 Å². The molecule has 0 aliphatic carbocycles. The molecule has 0 saturated heterocycles. The zero-order chi connectivity index (χ0) is 11.8. The monoisotopic (exact) mass is 247 g/mol. The van der Waals surface area contributed by atoms with Crippen LogP contribution in [0.15, 0.2) is 35.3 Å². The van der Waals surface area contributed by atoms with Gasteiger partial charge in [0, 0.05) is 13.1 Å². The smallest absolute Gasteiger partial charge is 0.285 e. The average Bonchev–Trinajstić information content (AvgIpc) is 2.76. The second-order valence-electron chi connectivity index (χ2n) is 4.02. The molecule has 0 spiro atoms. The summed E-state index contributed by atoms with van der Waals surface area (Å²) in [6.07, 6.45) is 1.59. The van der Waals surface area contributed by atoms with Gasteiger partial charge in [-0.2, -0.15) is 5.10 Å². The topological polar surface area (TPSA) is 49.0 Å². The highest BCUT2D eigenvalue weighted by Gasteiger charge is 2.21. The molecule has 0 unspecified atom stereocenters. The molecule has 1 aromatic carbocycles. The quantitative estimate of drug-likeness (QED) is 0.838. The van der Waals surface area contributed by atoms with Crippen LogP contribution < -0.4 is 10.5 Å². The van der Waals surface area contributed by atoms with Crippen LogP contribution in [0, 0.1) is 0 Å². The van der Waals surface area contributed by atoms with Gasteiger partial charge in [-0.05, 0) is 11.1 Å². The lowest BCUT2D eigenvalue weighted by molar-refractivity contribution is 0.859. The zero-order valence-electron chi connectivity index (χ0n) is 8.98. The van der Waals surface area contributed by atoms with Gasteiger partial charge in [0.25, 0.3) is 5.56 Å². The van der Waals surface area contributed by atoms with Crippen LogP contribution in [0.25, 0.3) is 0 Å². The summed E-state index contributed by atoms with van der Waals surface area (Å²) >= 11 is 5.99. The molecule has 1 aromatic heterocycles. The van der Waals surface area contributed by atoms with Crippen molar-refractivity contribution in [3.05, 3.63) is 57.0 Å². The van der Waals surface area contributed by atoms with Gasteiger partial charge in [0.2, 0.25) is 0 Å². The first-order chi connectivity index (χ1) is 8.25. The van der Waals surface area contributed by atoms with E-state index >= 15 is 0 Å². The lowest BCUT2D eigenvalue weighted by atomic mass is 10.1. The number of nitrogens with one attached hydrogen (secondary N) is 1. The molecular formula is C12H10ClN3O. The molecule has 0 fully saturated rings. The molecule has 0 saturated carbocycles. The SMILES string of the molecule is O=c1[nH]ncc(N2Cc3ccccc3C2)c1Cl. The molecule has 2 aromatic rings. The van der Waals surface area contributed by atoms with Gasteiger partial charge in [-0.3, -0.25) is 4.79 Å². The molecule has 86 valence electrons. The van der Waals surface area contributed by atoms with E-state index in [-0.39, 0.29) is 10.6 Å². The van der Waals surface area contributed by atoms with Crippen molar-refractivity contribution in [2.24, 2.45) is 0 Å². The number of fused-ring (bicyclic) bond motifs is 1. The van der Waals surface area contributed by atoms with Crippen LogP contribution in [0.3, 0.4) is 0 Å². The van der Waals surface area contributed by atoms with E-state index in [1.807, 2.05) is 12.1 Å². The van der Waals surface area contributed by atoms with Crippen LogP contribution in [-0.4, -0.2) is 10.2 Å². The summed E-state index contributed by atoms with van der Waals surface area (Å²) in [5, 5.41) is 6.31. The Hall–Kier alpha value is -1.81. The normalized spacial score (nSPS) is 13.8. The second kappa shape index (κ2) is 3.89. The van der Waals surface area contributed by atoms with E-state index < -0.39 is 0 Å². The summed E-state index contributed by atoms with van der Waals surface area (Å²) < 4.78 is 0. The number of rotatable bonds is 1. The van der Waals surface area contributed by atoms with Crippen molar-refractivity contribution in [2.45, 2.75) is 13.1 Å². The number of hydrogen-bond donors (Lipinski definition) is 1. The third kappa shape index (κ3) is 1.70. The molecule has 17 heavy (non-hydrogen) atoms. The van der Waals surface area contributed by atoms with Crippen LogP contribution in [0.1, 0.15) is 11.1 Å². The van der Waals surface area contributed by atoms with Crippen molar-refractivity contribution in [1.29, 1.82) is 0 Å². The Morgan fingerprint density at radius 3 is 2.53 bits per heavy atom. The van der Waals surface area contributed by atoms with Crippen LogP contribution in [0.2, 0.25) is 5.02 Å². The predicted molar refractivity (Wildman–Crippen MR) is 66.2 cm³/mol. The van der Waals surface area contributed by atoms with E-state index in [2.05, 4.69) is 27.2 Å². The van der Waals surface area contributed by atoms with E-state index in [1.165, 1.54) is 11.1 Å². The van der Waals surface area contributed by atoms with Crippen LogP contribution in [0.4, 0.5) is 5.69 Å². The number of halogens is 1. The van der Waals surface area contributed by atoms with Gasteiger partial charge in [-0.15, -0.1) is 0 Å². The molecule has 1 aliphatic heterocycles. The molecular weight excluding hydrogens is 238 g/mol. The highest BCUT2D eigenvalue weighted by Crippen LogP contribution is 2.30. The van der Waals surface area contributed by atoms with Gasteiger partial charge < -0.3 is 4.90 Å². The lowest BCUT2D eigenvalue weighted by Crippen LogP contribution is -2.19. The average molecular weight is 248 g/mol. The highest BCUT2D eigenvalue weighted by atomic mass is 35.5. The van der Waals surface area contributed by atoms with E-state index in [0.29, 0.717) is 5.69 Å². The highest BCUT2D eigenvalue weighted by molar-refractivity contribution is 6.33. The Morgan fingerprint density at radius 1 is 1.24 bits per heavy atom. The first-order valence-electron chi connectivity index (χ1n) is 5.30.